The van der Waals surface area contributed by atoms with Crippen LogP contribution in [-0.2, 0) is 13.6 Å². The van der Waals surface area contributed by atoms with Crippen LogP contribution in [0, 0.1) is 11.8 Å². The van der Waals surface area contributed by atoms with Crippen molar-refractivity contribution < 1.29 is 18.5 Å². The topological polar surface area (TPSA) is 90.8 Å². The van der Waals surface area contributed by atoms with Crippen LogP contribution in [0.15, 0.2) is 0 Å². The third-order valence-electron chi connectivity index (χ3n) is 6.75. The van der Waals surface area contributed by atoms with Crippen LogP contribution in [0.1, 0.15) is 144 Å². The van der Waals surface area contributed by atoms with Crippen molar-refractivity contribution in [2.45, 2.75) is 150 Å². The van der Waals surface area contributed by atoms with E-state index in [1.165, 1.54) is 64.2 Å². The molecule has 0 heterocycles. The normalized spacial score (nSPS) is 17.2. The van der Waals surface area contributed by atoms with E-state index in [-0.39, 0.29) is 12.8 Å². The van der Waals surface area contributed by atoms with Gasteiger partial charge in [0.25, 0.3) is 0 Å². The van der Waals surface area contributed by atoms with Gasteiger partial charge in [0.15, 0.2) is 0 Å². The highest BCUT2D eigenvalue weighted by molar-refractivity contribution is 7.47. The summed E-state index contributed by atoms with van der Waals surface area (Å²) in [7, 11) is -4.06. The van der Waals surface area contributed by atoms with Gasteiger partial charge in [-0.05, 0) is 38.0 Å². The molecule has 0 aromatic heterocycles. The first-order valence-electron chi connectivity index (χ1n) is 13.5. The predicted molar refractivity (Wildman–Crippen MR) is 140 cm³/mol. The van der Waals surface area contributed by atoms with E-state index < -0.39 is 13.4 Å². The lowest BCUT2D eigenvalue weighted by atomic mass is 9.76. The van der Waals surface area contributed by atoms with E-state index >= 15 is 0 Å². The fraction of sp³-hybridized carbons (Fsp3) is 1.00. The zero-order valence-electron chi connectivity index (χ0n) is 22.5. The van der Waals surface area contributed by atoms with Crippen molar-refractivity contribution in [2.75, 3.05) is 6.61 Å². The number of hydrogen-bond acceptors (Lipinski definition) is 4. The summed E-state index contributed by atoms with van der Waals surface area (Å²) < 4.78 is 24.2. The van der Waals surface area contributed by atoms with Crippen LogP contribution in [0.25, 0.3) is 0 Å². The summed E-state index contributed by atoms with van der Waals surface area (Å²) in [6, 6.07) is 0. The van der Waals surface area contributed by atoms with Crippen LogP contribution in [-0.4, -0.2) is 17.1 Å². The monoisotopic (exact) mass is 479 g/mol. The van der Waals surface area contributed by atoms with Gasteiger partial charge in [-0.1, -0.05) is 118 Å². The van der Waals surface area contributed by atoms with E-state index in [0.717, 1.165) is 38.5 Å². The van der Waals surface area contributed by atoms with Crippen molar-refractivity contribution in [3.8, 4) is 0 Å². The molecule has 0 saturated heterocycles. The van der Waals surface area contributed by atoms with Gasteiger partial charge in [-0.2, -0.15) is 0 Å². The van der Waals surface area contributed by atoms with Gasteiger partial charge in [0, 0.05) is 0 Å². The van der Waals surface area contributed by atoms with Crippen molar-refractivity contribution in [1.29, 1.82) is 0 Å². The lowest BCUT2D eigenvalue weighted by molar-refractivity contribution is -0.0251. The van der Waals surface area contributed by atoms with Crippen LogP contribution in [0.4, 0.5) is 0 Å². The van der Waals surface area contributed by atoms with E-state index in [2.05, 4.69) is 34.6 Å². The molecular formula is C26H58NO4P. The standard InChI is InChI=1S/C26H55O4P.H3N/c1-7-13-16-17-18-21-26(30-31(27,28)29-12-6,22-24(10-4)19-14-8-2)23-25(11-5)20-15-9-3;/h24-25H,7-23H2,1-6H3,(H,27,28);1H3. The third-order valence-corrected chi connectivity index (χ3v) is 7.95. The van der Waals surface area contributed by atoms with Crippen LogP contribution < -0.4 is 6.15 Å². The van der Waals surface area contributed by atoms with Gasteiger partial charge in [0.2, 0.25) is 0 Å². The Kier molecular flexibility index (Phi) is 21.9. The molecule has 0 radical (unpaired) electrons. The van der Waals surface area contributed by atoms with Gasteiger partial charge in [-0.25, -0.2) is 4.57 Å². The summed E-state index contributed by atoms with van der Waals surface area (Å²) in [5.41, 5.74) is -0.561. The fourth-order valence-corrected chi connectivity index (χ4v) is 5.94. The minimum Gasteiger partial charge on any atom is -0.344 e. The molecule has 0 fully saturated rings. The Labute approximate surface area is 201 Å². The van der Waals surface area contributed by atoms with E-state index in [9.17, 15) is 9.46 Å². The average molecular weight is 480 g/mol. The van der Waals surface area contributed by atoms with Crippen LogP contribution >= 0.6 is 7.82 Å². The highest BCUT2D eigenvalue weighted by atomic mass is 31.2. The van der Waals surface area contributed by atoms with Gasteiger partial charge in [-0.15, -0.1) is 0 Å². The van der Waals surface area contributed by atoms with E-state index in [1.54, 1.807) is 6.92 Å². The molecule has 0 aliphatic rings. The first-order valence-corrected chi connectivity index (χ1v) is 15.0. The van der Waals surface area contributed by atoms with Crippen molar-refractivity contribution >= 4 is 7.82 Å². The summed E-state index contributed by atoms with van der Waals surface area (Å²) >= 11 is 0. The van der Waals surface area contributed by atoms with Gasteiger partial charge in [0.05, 0.1) is 12.2 Å². The molecule has 0 amide bonds. The zero-order chi connectivity index (χ0) is 23.6. The second kappa shape index (κ2) is 20.4. The molecule has 0 rings (SSSR count). The van der Waals surface area contributed by atoms with E-state index in [4.69, 9.17) is 9.05 Å². The molecule has 3 atom stereocenters. The highest BCUT2D eigenvalue weighted by Gasteiger charge is 2.41. The number of phosphoric acid groups is 1. The Balaban J connectivity index is 0. The summed E-state index contributed by atoms with van der Waals surface area (Å²) in [4.78, 5) is 10.5. The Hall–Kier alpha value is 0.0700. The molecule has 0 spiro atoms. The molecule has 3 unspecified atom stereocenters. The lowest BCUT2D eigenvalue weighted by Gasteiger charge is -2.40. The summed E-state index contributed by atoms with van der Waals surface area (Å²) in [6.45, 7) is 13.2. The molecule has 0 saturated carbocycles. The molecular weight excluding hydrogens is 421 g/mol. The Morgan fingerprint density at radius 1 is 0.750 bits per heavy atom. The number of unbranched alkanes of at least 4 members (excludes halogenated alkanes) is 6. The van der Waals surface area contributed by atoms with Gasteiger partial charge >= 0.3 is 7.82 Å². The second-order valence-electron chi connectivity index (χ2n) is 9.57. The number of phosphoric ester groups is 1. The Morgan fingerprint density at radius 3 is 1.62 bits per heavy atom. The van der Waals surface area contributed by atoms with Crippen LogP contribution in [0.2, 0.25) is 0 Å². The number of hydrogen-bond donors (Lipinski definition) is 2. The quantitative estimate of drug-likeness (QED) is 0.119. The van der Waals surface area contributed by atoms with Crippen LogP contribution in [0.5, 0.6) is 0 Å². The Bertz CT molecular complexity index is 443. The fourth-order valence-electron chi connectivity index (χ4n) is 4.83. The summed E-state index contributed by atoms with van der Waals surface area (Å²) in [6.07, 6.45) is 17.9. The number of rotatable bonds is 22. The molecule has 0 aliphatic heterocycles. The van der Waals surface area contributed by atoms with Crippen molar-refractivity contribution in [1.82, 2.24) is 6.15 Å². The second-order valence-corrected chi connectivity index (χ2v) is 10.9. The molecule has 0 bridgehead atoms. The van der Waals surface area contributed by atoms with Crippen LogP contribution in [0.3, 0.4) is 0 Å². The molecule has 32 heavy (non-hydrogen) atoms. The maximum absolute atomic E-state index is 12.8. The van der Waals surface area contributed by atoms with Gasteiger partial charge < -0.3 is 11.0 Å². The van der Waals surface area contributed by atoms with E-state index in [0.29, 0.717) is 11.8 Å². The first-order chi connectivity index (χ1) is 14.8. The van der Waals surface area contributed by atoms with Gasteiger partial charge in [0.1, 0.15) is 0 Å². The zero-order valence-corrected chi connectivity index (χ0v) is 23.4. The first kappa shape index (κ1) is 34.2. The Morgan fingerprint density at radius 2 is 1.22 bits per heavy atom. The summed E-state index contributed by atoms with van der Waals surface area (Å²) in [5.74, 6) is 1.06. The minimum absolute atomic E-state index is 0. The van der Waals surface area contributed by atoms with E-state index in [1.807, 2.05) is 0 Å². The molecule has 0 aliphatic carbocycles. The molecule has 6 heteroatoms. The molecule has 196 valence electrons. The SMILES string of the molecule is CCCCCCCC(CC(CC)CCCC)(CC(CC)CCCC)OP(=O)(O)OCC.N. The maximum Gasteiger partial charge on any atom is 0.472 e. The maximum atomic E-state index is 12.8. The summed E-state index contributed by atoms with van der Waals surface area (Å²) in [5, 5.41) is 0. The largest absolute Gasteiger partial charge is 0.472 e. The highest BCUT2D eigenvalue weighted by Crippen LogP contribution is 2.53. The van der Waals surface area contributed by atoms with Crippen molar-refractivity contribution in [2.24, 2.45) is 11.8 Å². The van der Waals surface area contributed by atoms with Crippen molar-refractivity contribution in [3.05, 3.63) is 0 Å². The minimum atomic E-state index is -4.06. The molecule has 0 aromatic rings. The van der Waals surface area contributed by atoms with Gasteiger partial charge in [-0.3, -0.25) is 9.05 Å². The molecule has 5 nitrogen and oxygen atoms in total. The molecule has 0 aromatic carbocycles. The lowest BCUT2D eigenvalue weighted by Crippen LogP contribution is -2.37. The van der Waals surface area contributed by atoms with Crippen molar-refractivity contribution in [3.63, 3.8) is 0 Å². The average Bonchev–Trinajstić information content (AvgIpc) is 2.73. The third kappa shape index (κ3) is 15.8. The predicted octanol–water partition coefficient (Wildman–Crippen LogP) is 9.61. The molecule has 4 N–H and O–H groups in total. The smallest absolute Gasteiger partial charge is 0.344 e.